The first kappa shape index (κ1) is 12.0. The summed E-state index contributed by atoms with van der Waals surface area (Å²) < 4.78 is 5.05. The maximum Gasteiger partial charge on any atom is 0.431 e. The van der Waals surface area contributed by atoms with E-state index in [1.54, 1.807) is 24.3 Å². The van der Waals surface area contributed by atoms with E-state index in [1.165, 1.54) is 0 Å². The number of hydrogen-bond donors (Lipinski definition) is 2. The smallest absolute Gasteiger partial charge is 0.409 e. The predicted molar refractivity (Wildman–Crippen MR) is 70.4 cm³/mol. The lowest BCUT2D eigenvalue weighted by Crippen LogP contribution is -2.32. The van der Waals surface area contributed by atoms with Gasteiger partial charge < -0.3 is 4.74 Å². The van der Waals surface area contributed by atoms with Crippen LogP contribution in [0.1, 0.15) is 5.56 Å². The number of hydrazine groups is 1. The van der Waals surface area contributed by atoms with E-state index in [4.69, 9.17) is 4.74 Å². The first-order chi connectivity index (χ1) is 8.74. The second-order valence-corrected chi connectivity index (χ2v) is 3.82. The van der Waals surface area contributed by atoms with Crippen molar-refractivity contribution < 1.29 is 9.53 Å². The molecule has 4 heteroatoms. The monoisotopic (exact) mass is 242 g/mol. The molecule has 18 heavy (non-hydrogen) atoms. The molecule has 0 heterocycles. The first-order valence-corrected chi connectivity index (χ1v) is 5.59. The van der Waals surface area contributed by atoms with Gasteiger partial charge >= 0.3 is 6.09 Å². The molecule has 0 radical (unpaired) electrons. The number of amides is 1. The van der Waals surface area contributed by atoms with Crippen molar-refractivity contribution in [2.75, 3.05) is 5.43 Å². The third-order valence-electron chi connectivity index (χ3n) is 2.31. The van der Waals surface area contributed by atoms with Crippen molar-refractivity contribution in [3.05, 3.63) is 60.2 Å². The first-order valence-electron chi connectivity index (χ1n) is 5.59. The summed E-state index contributed by atoms with van der Waals surface area (Å²) in [7, 11) is 0. The zero-order chi connectivity index (χ0) is 12.8. The Balaban J connectivity index is 1.83. The van der Waals surface area contributed by atoms with E-state index >= 15 is 0 Å². The van der Waals surface area contributed by atoms with Crippen molar-refractivity contribution in [3.63, 3.8) is 0 Å². The number of carbonyl (C=O) groups is 1. The van der Waals surface area contributed by atoms with Crippen LogP contribution in [-0.2, 0) is 0 Å². The average molecular weight is 242 g/mol. The molecular weight excluding hydrogens is 228 g/mol. The standard InChI is InChI=1S/C14H14N2O2/c1-11-7-9-12(10-8-11)15-16-14(17)18-13-5-3-2-4-6-13/h2-10,15H,1H3,(H,16,17). The van der Waals surface area contributed by atoms with E-state index in [-0.39, 0.29) is 0 Å². The molecule has 0 atom stereocenters. The zero-order valence-corrected chi connectivity index (χ0v) is 10.0. The normalized spacial score (nSPS) is 9.61. The van der Waals surface area contributed by atoms with Crippen molar-refractivity contribution in [1.29, 1.82) is 0 Å². The van der Waals surface area contributed by atoms with Gasteiger partial charge in [-0.05, 0) is 31.2 Å². The largest absolute Gasteiger partial charge is 0.431 e. The molecule has 0 aromatic heterocycles. The third kappa shape index (κ3) is 3.52. The lowest BCUT2D eigenvalue weighted by Gasteiger charge is -2.09. The highest BCUT2D eigenvalue weighted by Crippen LogP contribution is 2.09. The van der Waals surface area contributed by atoms with Crippen molar-refractivity contribution in [3.8, 4) is 5.75 Å². The summed E-state index contributed by atoms with van der Waals surface area (Å²) in [6.45, 7) is 2.00. The Morgan fingerprint density at radius 3 is 2.33 bits per heavy atom. The Morgan fingerprint density at radius 2 is 1.67 bits per heavy atom. The molecule has 2 aromatic rings. The van der Waals surface area contributed by atoms with Crippen molar-refractivity contribution in [2.24, 2.45) is 0 Å². The highest BCUT2D eigenvalue weighted by Gasteiger charge is 2.02. The number of benzene rings is 2. The minimum absolute atomic E-state index is 0.501. The van der Waals surface area contributed by atoms with Crippen LogP contribution in [-0.4, -0.2) is 6.09 Å². The van der Waals surface area contributed by atoms with Gasteiger partial charge in [0.25, 0.3) is 0 Å². The minimum Gasteiger partial charge on any atom is -0.409 e. The van der Waals surface area contributed by atoms with Crippen LogP contribution in [0.5, 0.6) is 5.75 Å². The number of anilines is 1. The summed E-state index contributed by atoms with van der Waals surface area (Å²) in [6, 6.07) is 16.5. The van der Waals surface area contributed by atoms with Gasteiger partial charge in [-0.1, -0.05) is 35.9 Å². The number of carbonyl (C=O) groups excluding carboxylic acids is 1. The van der Waals surface area contributed by atoms with Crippen LogP contribution >= 0.6 is 0 Å². The Kier molecular flexibility index (Phi) is 3.81. The number of aryl methyl sites for hydroxylation is 1. The molecule has 0 spiro atoms. The summed E-state index contributed by atoms with van der Waals surface area (Å²) in [5.41, 5.74) is 7.18. The molecule has 1 amide bonds. The Labute approximate surface area is 106 Å². The van der Waals surface area contributed by atoms with Gasteiger partial charge in [0.15, 0.2) is 0 Å². The van der Waals surface area contributed by atoms with Gasteiger partial charge in [0.2, 0.25) is 0 Å². The number of rotatable bonds is 3. The summed E-state index contributed by atoms with van der Waals surface area (Å²) in [5.74, 6) is 0.501. The van der Waals surface area contributed by atoms with E-state index < -0.39 is 6.09 Å². The molecule has 0 saturated heterocycles. The van der Waals surface area contributed by atoms with Crippen LogP contribution in [0.3, 0.4) is 0 Å². The molecular formula is C14H14N2O2. The molecule has 0 aliphatic heterocycles. The molecule has 0 saturated carbocycles. The highest BCUT2D eigenvalue weighted by atomic mass is 16.6. The van der Waals surface area contributed by atoms with E-state index in [9.17, 15) is 4.79 Å². The minimum atomic E-state index is -0.554. The molecule has 0 unspecified atom stereocenters. The maximum atomic E-state index is 11.5. The fourth-order valence-electron chi connectivity index (χ4n) is 1.38. The summed E-state index contributed by atoms with van der Waals surface area (Å²) in [4.78, 5) is 11.5. The van der Waals surface area contributed by atoms with Crippen LogP contribution < -0.4 is 15.6 Å². The topological polar surface area (TPSA) is 50.4 Å². The average Bonchev–Trinajstić information content (AvgIpc) is 2.39. The highest BCUT2D eigenvalue weighted by molar-refractivity contribution is 5.72. The molecule has 2 rings (SSSR count). The van der Waals surface area contributed by atoms with Crippen molar-refractivity contribution >= 4 is 11.8 Å². The molecule has 92 valence electrons. The fraction of sp³-hybridized carbons (Fsp3) is 0.0714. The van der Waals surface area contributed by atoms with Gasteiger partial charge in [-0.3, -0.25) is 5.43 Å². The summed E-state index contributed by atoms with van der Waals surface area (Å²) in [5, 5.41) is 0. The van der Waals surface area contributed by atoms with Crippen molar-refractivity contribution in [2.45, 2.75) is 6.92 Å². The van der Waals surface area contributed by atoms with E-state index in [1.807, 2.05) is 37.3 Å². The molecule has 0 bridgehead atoms. The predicted octanol–water partition coefficient (Wildman–Crippen LogP) is 3.11. The second-order valence-electron chi connectivity index (χ2n) is 3.82. The van der Waals surface area contributed by atoms with Crippen LogP contribution in [0.4, 0.5) is 10.5 Å². The van der Waals surface area contributed by atoms with Crippen LogP contribution in [0, 0.1) is 6.92 Å². The van der Waals surface area contributed by atoms with E-state index in [2.05, 4.69) is 10.9 Å². The summed E-state index contributed by atoms with van der Waals surface area (Å²) >= 11 is 0. The quantitative estimate of drug-likeness (QED) is 0.813. The molecule has 0 aliphatic carbocycles. The fourth-order valence-corrected chi connectivity index (χ4v) is 1.38. The lowest BCUT2D eigenvalue weighted by molar-refractivity contribution is 0.203. The number of ether oxygens (including phenoxy) is 1. The second kappa shape index (κ2) is 5.72. The molecule has 2 aromatic carbocycles. The number of para-hydroxylation sites is 1. The molecule has 4 nitrogen and oxygen atoms in total. The summed E-state index contributed by atoms with van der Waals surface area (Å²) in [6.07, 6.45) is -0.554. The molecule has 0 fully saturated rings. The van der Waals surface area contributed by atoms with Gasteiger partial charge in [0, 0.05) is 0 Å². The van der Waals surface area contributed by atoms with E-state index in [0.717, 1.165) is 11.3 Å². The van der Waals surface area contributed by atoms with Gasteiger partial charge in [-0.2, -0.15) is 0 Å². The number of hydrogen-bond acceptors (Lipinski definition) is 3. The van der Waals surface area contributed by atoms with Crippen LogP contribution in [0.25, 0.3) is 0 Å². The lowest BCUT2D eigenvalue weighted by atomic mass is 10.2. The van der Waals surface area contributed by atoms with Crippen molar-refractivity contribution in [1.82, 2.24) is 5.43 Å². The van der Waals surface area contributed by atoms with Gasteiger partial charge in [0.05, 0.1) is 5.69 Å². The van der Waals surface area contributed by atoms with Gasteiger partial charge in [0.1, 0.15) is 5.75 Å². The van der Waals surface area contributed by atoms with Gasteiger partial charge in [-0.15, -0.1) is 0 Å². The Hall–Kier alpha value is -2.49. The van der Waals surface area contributed by atoms with E-state index in [0.29, 0.717) is 5.75 Å². The van der Waals surface area contributed by atoms with Gasteiger partial charge in [-0.25, -0.2) is 10.2 Å². The van der Waals surface area contributed by atoms with Crippen LogP contribution in [0.2, 0.25) is 0 Å². The SMILES string of the molecule is Cc1ccc(NNC(=O)Oc2ccccc2)cc1. The zero-order valence-electron chi connectivity index (χ0n) is 10.0. The maximum absolute atomic E-state index is 11.5. The number of nitrogens with one attached hydrogen (secondary N) is 2. The molecule has 0 aliphatic rings. The Bertz CT molecular complexity index is 509. The molecule has 2 N–H and O–H groups in total. The Morgan fingerprint density at radius 1 is 1.00 bits per heavy atom. The van der Waals surface area contributed by atoms with Crippen LogP contribution in [0.15, 0.2) is 54.6 Å². The third-order valence-corrected chi connectivity index (χ3v) is 2.31.